The number of amides is 1. The van der Waals surface area contributed by atoms with Gasteiger partial charge in [-0.2, -0.15) is 5.10 Å². The number of aryl methyl sites for hydroxylation is 3. The monoisotopic (exact) mass is 479 g/mol. The van der Waals surface area contributed by atoms with Crippen LogP contribution in [0.25, 0.3) is 4.72 Å². The van der Waals surface area contributed by atoms with Crippen molar-refractivity contribution < 1.29 is 42.8 Å². The van der Waals surface area contributed by atoms with Gasteiger partial charge in [-0.3, -0.25) is 4.68 Å². The normalized spacial score (nSPS) is 19.7. The first-order valence-electron chi connectivity index (χ1n) is 11.5. The molecule has 33 heavy (non-hydrogen) atoms. The van der Waals surface area contributed by atoms with Crippen LogP contribution in [0.2, 0.25) is 0 Å². The van der Waals surface area contributed by atoms with E-state index in [1.54, 1.807) is 10.9 Å². The van der Waals surface area contributed by atoms with Crippen molar-refractivity contribution in [1.29, 1.82) is 0 Å². The van der Waals surface area contributed by atoms with Crippen LogP contribution in [-0.4, -0.2) is 43.2 Å². The van der Waals surface area contributed by atoms with Gasteiger partial charge in [0.15, 0.2) is 10.2 Å². The van der Waals surface area contributed by atoms with E-state index >= 15 is 0 Å². The molecular weight excluding hydrogens is 449 g/mol. The molecule has 0 radical (unpaired) electrons. The third-order valence-electron chi connectivity index (χ3n) is 6.94. The number of aromatic nitrogens is 2. The number of hydrogen-bond donors (Lipinski definition) is 1. The summed E-state index contributed by atoms with van der Waals surface area (Å²) in [5.74, 6) is -0.577. The molecule has 2 aliphatic carbocycles. The summed E-state index contributed by atoms with van der Waals surface area (Å²) in [7, 11) is -2.19. The second kappa shape index (κ2) is 10.1. The number of rotatable bonds is 6. The van der Waals surface area contributed by atoms with Crippen molar-refractivity contribution >= 4 is 21.8 Å². The Morgan fingerprint density at radius 1 is 1.15 bits per heavy atom. The molecule has 1 saturated heterocycles. The van der Waals surface area contributed by atoms with Gasteiger partial charge in [0, 0.05) is 38.8 Å². The number of piperidine rings is 1. The van der Waals surface area contributed by atoms with Crippen LogP contribution in [0.3, 0.4) is 0 Å². The summed E-state index contributed by atoms with van der Waals surface area (Å²) in [5, 5.41) is 4.19. The van der Waals surface area contributed by atoms with Crippen LogP contribution in [0, 0.1) is 0 Å². The number of carbonyl (C=O) groups is 1. The predicted octanol–water partition coefficient (Wildman–Crippen LogP) is -0.652. The van der Waals surface area contributed by atoms with E-state index in [1.807, 2.05) is 13.2 Å². The third kappa shape index (κ3) is 5.48. The van der Waals surface area contributed by atoms with Crippen molar-refractivity contribution in [3.63, 3.8) is 0 Å². The first kappa shape index (κ1) is 24.7. The van der Waals surface area contributed by atoms with Crippen molar-refractivity contribution in [2.45, 2.75) is 63.8 Å². The average Bonchev–Trinajstić information content (AvgIpc) is 3.47. The molecule has 1 N–H and O–H groups in total. The van der Waals surface area contributed by atoms with Crippen molar-refractivity contribution in [3.05, 3.63) is 51.0 Å². The third-order valence-corrected chi connectivity index (χ3v) is 8.02. The van der Waals surface area contributed by atoms with Crippen LogP contribution in [0.4, 0.5) is 5.69 Å². The summed E-state index contributed by atoms with van der Waals surface area (Å²) in [6, 6.07) is 2.03. The molecular formula is C23H30N5NaO3S. The van der Waals surface area contributed by atoms with E-state index in [0.29, 0.717) is 6.54 Å². The maximum atomic E-state index is 12.8. The van der Waals surface area contributed by atoms with Gasteiger partial charge in [0.2, 0.25) is 0 Å². The molecule has 0 saturated carbocycles. The number of anilines is 1. The topological polar surface area (TPSA) is 98.4 Å². The minimum absolute atomic E-state index is 0. The minimum Gasteiger partial charge on any atom is -0.533 e. The van der Waals surface area contributed by atoms with Gasteiger partial charge in [0.25, 0.3) is 0 Å². The van der Waals surface area contributed by atoms with E-state index in [2.05, 4.69) is 25.5 Å². The fourth-order valence-corrected chi connectivity index (χ4v) is 6.58. The van der Waals surface area contributed by atoms with Gasteiger partial charge in [-0.15, -0.1) is 0 Å². The van der Waals surface area contributed by atoms with Gasteiger partial charge >= 0.3 is 29.6 Å². The molecule has 1 aliphatic heterocycles. The molecule has 0 spiro atoms. The Balaban J connectivity index is 0.00000259. The van der Waals surface area contributed by atoms with E-state index in [1.165, 1.54) is 22.3 Å². The average molecular weight is 480 g/mol. The van der Waals surface area contributed by atoms with E-state index in [0.717, 1.165) is 69.2 Å². The van der Waals surface area contributed by atoms with Crippen LogP contribution in [0.15, 0.2) is 18.5 Å². The second-order valence-corrected chi connectivity index (χ2v) is 10.6. The van der Waals surface area contributed by atoms with Gasteiger partial charge < -0.3 is 14.4 Å². The van der Waals surface area contributed by atoms with E-state index < -0.39 is 16.1 Å². The molecule has 2 aromatic rings. The van der Waals surface area contributed by atoms with Crippen molar-refractivity contribution in [3.8, 4) is 0 Å². The zero-order chi connectivity index (χ0) is 22.3. The summed E-state index contributed by atoms with van der Waals surface area (Å²) >= 11 is 0. The number of carbonyl (C=O) groups excluding carboxylic acids is 1. The number of fused-ring (bicyclic) bond motifs is 2. The molecule has 2 heterocycles. The van der Waals surface area contributed by atoms with E-state index in [9.17, 15) is 13.2 Å². The Labute approximate surface area is 218 Å². The quantitative estimate of drug-likeness (QED) is 0.555. The van der Waals surface area contributed by atoms with Gasteiger partial charge in [-0.1, -0.05) is 6.07 Å². The van der Waals surface area contributed by atoms with Crippen molar-refractivity contribution in [1.82, 2.24) is 14.5 Å². The van der Waals surface area contributed by atoms with Gasteiger partial charge in [0.05, 0.1) is 17.8 Å². The zero-order valence-electron chi connectivity index (χ0n) is 19.5. The van der Waals surface area contributed by atoms with Crippen LogP contribution < -0.4 is 39.2 Å². The zero-order valence-corrected chi connectivity index (χ0v) is 22.3. The van der Waals surface area contributed by atoms with Crippen LogP contribution >= 0.6 is 0 Å². The van der Waals surface area contributed by atoms with Crippen LogP contribution in [-0.2, 0) is 54.2 Å². The summed E-state index contributed by atoms with van der Waals surface area (Å²) in [5.41, 5.74) is 7.23. The Bertz CT molecular complexity index is 1110. The maximum absolute atomic E-state index is 12.8. The summed E-state index contributed by atoms with van der Waals surface area (Å²) < 4.78 is 33.4. The molecule has 172 valence electrons. The molecule has 10 heteroatoms. The molecule has 5 rings (SSSR count). The first-order chi connectivity index (χ1) is 15.4. The molecule has 8 nitrogen and oxygen atoms in total. The van der Waals surface area contributed by atoms with Gasteiger partial charge in [-0.05, 0) is 79.2 Å². The Hall–Kier alpha value is -1.39. The van der Waals surface area contributed by atoms with E-state index in [-0.39, 0.29) is 42.0 Å². The summed E-state index contributed by atoms with van der Waals surface area (Å²) in [6.45, 7) is 1.39. The first-order valence-corrected chi connectivity index (χ1v) is 13.0. The maximum Gasteiger partial charge on any atom is 1.00 e. The van der Waals surface area contributed by atoms with Crippen LogP contribution in [0.5, 0.6) is 0 Å². The minimum atomic E-state index is -4.05. The van der Waals surface area contributed by atoms with E-state index in [4.69, 9.17) is 0 Å². The molecule has 1 amide bonds. The SMILES string of the molecule is Cn1cc(N2CCCC(NS(=O)(=O)[N-]C(=O)Cc3c4c(cc5c3CCC5)CCC4)C2)cn1.[Na+]. The Morgan fingerprint density at radius 3 is 2.48 bits per heavy atom. The Kier molecular flexibility index (Phi) is 7.55. The number of nitrogens with zero attached hydrogens (tertiary/aromatic N) is 4. The largest absolute Gasteiger partial charge is 1.00 e. The molecule has 1 atom stereocenters. The Morgan fingerprint density at radius 2 is 1.85 bits per heavy atom. The summed E-state index contributed by atoms with van der Waals surface area (Å²) in [6.07, 6.45) is 11.6. The second-order valence-electron chi connectivity index (χ2n) is 9.25. The number of hydrogen-bond acceptors (Lipinski definition) is 5. The fourth-order valence-electron chi connectivity index (χ4n) is 5.58. The number of nitrogens with one attached hydrogen (secondary N) is 1. The molecule has 1 aromatic carbocycles. The van der Waals surface area contributed by atoms with Gasteiger partial charge in [-0.25, -0.2) is 13.1 Å². The molecule has 3 aliphatic rings. The predicted molar refractivity (Wildman–Crippen MR) is 123 cm³/mol. The fraction of sp³-hybridized carbons (Fsp3) is 0.565. The van der Waals surface area contributed by atoms with Crippen LogP contribution in [0.1, 0.15) is 53.5 Å². The molecule has 0 bridgehead atoms. The van der Waals surface area contributed by atoms with Crippen molar-refractivity contribution in [2.24, 2.45) is 7.05 Å². The van der Waals surface area contributed by atoms with Crippen molar-refractivity contribution in [2.75, 3.05) is 18.0 Å². The smallest absolute Gasteiger partial charge is 0.533 e. The molecule has 1 aromatic heterocycles. The summed E-state index contributed by atoms with van der Waals surface area (Å²) in [4.78, 5) is 14.9. The molecule has 1 unspecified atom stereocenters. The number of benzene rings is 1. The molecule has 1 fully saturated rings. The van der Waals surface area contributed by atoms with Gasteiger partial charge in [0.1, 0.15) is 0 Å². The standard InChI is InChI=1S/C23H31N5O3S.Na/c1-27-15-19(13-24-27)28-10-4-7-18(14-28)25-32(30,31)26-23(29)12-22-20-8-2-5-16(20)11-17-6-3-9-21(17)22;/h11,13,15,18,25H,2-10,12,14H2,1H3,(H,26,29);/q;+1/p-1.